The van der Waals surface area contributed by atoms with Crippen LogP contribution < -0.4 is 14.4 Å². The van der Waals surface area contributed by atoms with E-state index in [1.807, 2.05) is 24.3 Å². The standard InChI is InChI=1S/C27H31F3N6O4/c28-27(29,30)20-4-5-21(31-17-20)3-1-11-33-12-2-13-34(16-15-33)22-6-8-23(9-7-22)39-19-24-10-14-35-18-25(36(37)38)32-26(35)40-24/h4-9,17-18,24H,1-3,10-16,19H2. The van der Waals surface area contributed by atoms with Gasteiger partial charge in [0.2, 0.25) is 0 Å². The summed E-state index contributed by atoms with van der Waals surface area (Å²) in [5.41, 5.74) is 1.08. The highest BCUT2D eigenvalue weighted by atomic mass is 19.4. The van der Waals surface area contributed by atoms with Gasteiger partial charge in [-0.15, -0.1) is 0 Å². The van der Waals surface area contributed by atoms with Crippen molar-refractivity contribution in [3.8, 4) is 11.8 Å². The number of ether oxygens (including phenoxy) is 2. The molecule has 1 unspecified atom stereocenters. The van der Waals surface area contributed by atoms with Gasteiger partial charge in [-0.05, 0) is 73.7 Å². The summed E-state index contributed by atoms with van der Waals surface area (Å²) in [7, 11) is 0. The Balaban J connectivity index is 1.04. The molecule has 4 heterocycles. The van der Waals surface area contributed by atoms with Crippen molar-refractivity contribution in [1.29, 1.82) is 0 Å². The lowest BCUT2D eigenvalue weighted by Gasteiger charge is -2.24. The molecule has 13 heteroatoms. The third kappa shape index (κ3) is 7.00. The first kappa shape index (κ1) is 27.7. The van der Waals surface area contributed by atoms with Crippen molar-refractivity contribution in [3.05, 3.63) is 70.2 Å². The van der Waals surface area contributed by atoms with Crippen molar-refractivity contribution in [2.75, 3.05) is 44.2 Å². The number of alkyl halides is 3. The molecule has 1 saturated heterocycles. The molecule has 2 aliphatic rings. The van der Waals surface area contributed by atoms with E-state index < -0.39 is 16.7 Å². The molecule has 3 aromatic rings. The molecule has 1 aromatic carbocycles. The normalized spacial score (nSPS) is 18.1. The number of anilines is 1. The summed E-state index contributed by atoms with van der Waals surface area (Å²) in [6.45, 7) is 5.48. The monoisotopic (exact) mass is 560 g/mol. The molecule has 0 saturated carbocycles. The van der Waals surface area contributed by atoms with E-state index in [4.69, 9.17) is 9.47 Å². The second kappa shape index (κ2) is 12.1. The van der Waals surface area contributed by atoms with Gasteiger partial charge in [0.15, 0.2) is 0 Å². The molecule has 0 aliphatic carbocycles. The predicted octanol–water partition coefficient (Wildman–Crippen LogP) is 4.58. The fraction of sp³-hybridized carbons (Fsp3) is 0.481. The lowest BCUT2D eigenvalue weighted by molar-refractivity contribution is -0.389. The van der Waals surface area contributed by atoms with Crippen LogP contribution in [0.2, 0.25) is 0 Å². The summed E-state index contributed by atoms with van der Waals surface area (Å²) in [4.78, 5) is 23.0. The van der Waals surface area contributed by atoms with Crippen molar-refractivity contribution < 1.29 is 27.6 Å². The summed E-state index contributed by atoms with van der Waals surface area (Å²) in [6.07, 6.45) is 0.872. The van der Waals surface area contributed by atoms with Gasteiger partial charge in [0.25, 0.3) is 0 Å². The summed E-state index contributed by atoms with van der Waals surface area (Å²) in [6, 6.07) is 10.8. The number of aromatic nitrogens is 3. The lowest BCUT2D eigenvalue weighted by Crippen LogP contribution is -2.31. The fourth-order valence-electron chi connectivity index (χ4n) is 4.96. The van der Waals surface area contributed by atoms with E-state index in [1.165, 1.54) is 12.3 Å². The molecule has 5 rings (SSSR count). The number of rotatable bonds is 9. The van der Waals surface area contributed by atoms with Gasteiger partial charge in [0, 0.05) is 55.2 Å². The van der Waals surface area contributed by atoms with E-state index in [0.29, 0.717) is 31.7 Å². The van der Waals surface area contributed by atoms with E-state index in [9.17, 15) is 23.3 Å². The molecule has 0 bridgehead atoms. The van der Waals surface area contributed by atoms with Crippen molar-refractivity contribution in [1.82, 2.24) is 19.4 Å². The largest absolute Gasteiger partial charge is 0.490 e. The molecule has 40 heavy (non-hydrogen) atoms. The number of halogens is 3. The van der Waals surface area contributed by atoms with E-state index in [0.717, 1.165) is 69.3 Å². The molecule has 1 fully saturated rings. The van der Waals surface area contributed by atoms with Crippen LogP contribution in [0, 0.1) is 10.1 Å². The lowest BCUT2D eigenvalue weighted by atomic mass is 10.2. The molecule has 2 aliphatic heterocycles. The molecular weight excluding hydrogens is 529 g/mol. The van der Waals surface area contributed by atoms with Crippen molar-refractivity contribution in [3.63, 3.8) is 0 Å². The smallest absolute Gasteiger partial charge is 0.417 e. The Morgan fingerprint density at radius 1 is 1.07 bits per heavy atom. The molecule has 0 amide bonds. The number of hydrogen-bond acceptors (Lipinski definition) is 8. The second-order valence-electron chi connectivity index (χ2n) is 9.99. The van der Waals surface area contributed by atoms with Gasteiger partial charge in [-0.2, -0.15) is 13.2 Å². The van der Waals surface area contributed by atoms with E-state index in [-0.39, 0.29) is 17.9 Å². The highest BCUT2D eigenvalue weighted by Crippen LogP contribution is 2.29. The Kier molecular flexibility index (Phi) is 8.38. The summed E-state index contributed by atoms with van der Waals surface area (Å²) in [5.74, 6) is 0.500. The number of aryl methyl sites for hydroxylation is 2. The summed E-state index contributed by atoms with van der Waals surface area (Å²) < 4.78 is 51.5. The van der Waals surface area contributed by atoms with Gasteiger partial charge >= 0.3 is 18.0 Å². The Hall–Kier alpha value is -3.87. The maximum Gasteiger partial charge on any atom is 0.417 e. The molecule has 2 aromatic heterocycles. The maximum absolute atomic E-state index is 12.7. The Morgan fingerprint density at radius 2 is 1.90 bits per heavy atom. The summed E-state index contributed by atoms with van der Waals surface area (Å²) >= 11 is 0. The zero-order chi connectivity index (χ0) is 28.1. The quantitative estimate of drug-likeness (QED) is 0.277. The first-order valence-electron chi connectivity index (χ1n) is 13.3. The number of hydrogen-bond donors (Lipinski definition) is 0. The SMILES string of the molecule is O=[N+]([O-])c1cn2c(n1)OC(COc1ccc(N3CCCN(CCCc4ccc(C(F)(F)F)cn4)CC3)cc1)CC2. The maximum atomic E-state index is 12.7. The molecule has 1 atom stereocenters. The number of benzene rings is 1. The van der Waals surface area contributed by atoms with Crippen molar-refractivity contribution >= 4 is 11.5 Å². The molecule has 10 nitrogen and oxygen atoms in total. The average molecular weight is 561 g/mol. The number of imidazole rings is 1. The van der Waals surface area contributed by atoms with E-state index in [1.54, 1.807) is 4.57 Å². The zero-order valence-corrected chi connectivity index (χ0v) is 21.9. The van der Waals surface area contributed by atoms with Crippen LogP contribution in [-0.2, 0) is 19.1 Å². The zero-order valence-electron chi connectivity index (χ0n) is 21.9. The molecule has 0 radical (unpaired) electrons. The van der Waals surface area contributed by atoms with Crippen LogP contribution in [0.4, 0.5) is 24.7 Å². The van der Waals surface area contributed by atoms with Crippen LogP contribution in [0.15, 0.2) is 48.8 Å². The van der Waals surface area contributed by atoms with Gasteiger partial charge in [0.05, 0.1) is 5.56 Å². The van der Waals surface area contributed by atoms with E-state index >= 15 is 0 Å². The Morgan fingerprint density at radius 3 is 2.62 bits per heavy atom. The van der Waals surface area contributed by atoms with Gasteiger partial charge in [-0.3, -0.25) is 9.55 Å². The number of fused-ring (bicyclic) bond motifs is 1. The van der Waals surface area contributed by atoms with Crippen LogP contribution in [0.5, 0.6) is 11.8 Å². The molecule has 0 N–H and O–H groups in total. The van der Waals surface area contributed by atoms with Gasteiger partial charge in [-0.25, -0.2) is 0 Å². The third-order valence-corrected chi connectivity index (χ3v) is 7.16. The van der Waals surface area contributed by atoms with Crippen molar-refractivity contribution in [2.45, 2.75) is 44.5 Å². The van der Waals surface area contributed by atoms with Gasteiger partial charge < -0.3 is 29.4 Å². The van der Waals surface area contributed by atoms with Crippen LogP contribution in [0.25, 0.3) is 0 Å². The highest BCUT2D eigenvalue weighted by Gasteiger charge is 2.31. The van der Waals surface area contributed by atoms with Gasteiger partial charge in [-0.1, -0.05) is 0 Å². The molecular formula is C27H31F3N6O4. The van der Waals surface area contributed by atoms with Crippen LogP contribution in [-0.4, -0.2) is 69.8 Å². The van der Waals surface area contributed by atoms with Crippen LogP contribution in [0.3, 0.4) is 0 Å². The second-order valence-corrected chi connectivity index (χ2v) is 9.99. The van der Waals surface area contributed by atoms with Crippen LogP contribution in [0.1, 0.15) is 30.5 Å². The first-order valence-corrected chi connectivity index (χ1v) is 13.3. The number of nitrogens with zero attached hydrogens (tertiary/aromatic N) is 6. The highest BCUT2D eigenvalue weighted by molar-refractivity contribution is 5.49. The summed E-state index contributed by atoms with van der Waals surface area (Å²) in [5, 5.41) is 10.9. The minimum atomic E-state index is -4.36. The first-order chi connectivity index (χ1) is 19.2. The Bertz CT molecular complexity index is 1280. The molecule has 0 spiro atoms. The minimum absolute atomic E-state index is 0.223. The number of nitro groups is 1. The van der Waals surface area contributed by atoms with Crippen LogP contribution >= 0.6 is 0 Å². The average Bonchev–Trinajstić information content (AvgIpc) is 3.24. The molecule has 214 valence electrons. The third-order valence-electron chi connectivity index (χ3n) is 7.16. The topological polar surface area (TPSA) is 98.8 Å². The van der Waals surface area contributed by atoms with E-state index in [2.05, 4.69) is 19.8 Å². The minimum Gasteiger partial charge on any atom is -0.490 e. The number of pyridine rings is 1. The fourth-order valence-corrected chi connectivity index (χ4v) is 4.96. The predicted molar refractivity (Wildman–Crippen MR) is 141 cm³/mol. The van der Waals surface area contributed by atoms with Crippen molar-refractivity contribution in [2.24, 2.45) is 0 Å². The Labute approximate surface area is 229 Å². The van der Waals surface area contributed by atoms with Gasteiger partial charge in [0.1, 0.15) is 24.7 Å².